The molecule has 0 saturated carbocycles. The van der Waals surface area contributed by atoms with Crippen LogP contribution in [0.5, 0.6) is 5.75 Å². The van der Waals surface area contributed by atoms with Crippen molar-refractivity contribution in [2.75, 3.05) is 7.11 Å². The van der Waals surface area contributed by atoms with Gasteiger partial charge in [0.1, 0.15) is 5.75 Å². The first-order valence-corrected chi connectivity index (χ1v) is 7.20. The van der Waals surface area contributed by atoms with E-state index < -0.39 is 10.8 Å². The first-order chi connectivity index (χ1) is 11.5. The molecule has 0 saturated heterocycles. The number of hydrazone groups is 1. The van der Waals surface area contributed by atoms with E-state index in [0.717, 1.165) is 16.9 Å². The molecule has 0 aliphatic heterocycles. The summed E-state index contributed by atoms with van der Waals surface area (Å²) < 4.78 is 5.17. The number of carbonyl (C=O) groups is 1. The summed E-state index contributed by atoms with van der Waals surface area (Å²) in [4.78, 5) is 22.3. The maximum absolute atomic E-state index is 11.9. The Labute approximate surface area is 139 Å². The van der Waals surface area contributed by atoms with Crippen LogP contribution in [0.15, 0.2) is 47.6 Å². The molecular formula is C17H17N3O4. The van der Waals surface area contributed by atoms with Crippen LogP contribution in [-0.2, 0) is 11.2 Å². The van der Waals surface area contributed by atoms with Gasteiger partial charge in [0.05, 0.1) is 24.7 Å². The largest absolute Gasteiger partial charge is 0.496 e. The second-order valence-electron chi connectivity index (χ2n) is 5.08. The average molecular weight is 327 g/mol. The third-order valence-electron chi connectivity index (χ3n) is 3.36. The number of ether oxygens (including phenoxy) is 1. The van der Waals surface area contributed by atoms with Gasteiger partial charge in [0, 0.05) is 11.6 Å². The molecule has 0 unspecified atom stereocenters. The van der Waals surface area contributed by atoms with Crippen molar-refractivity contribution in [1.82, 2.24) is 5.43 Å². The highest BCUT2D eigenvalue weighted by molar-refractivity contribution is 5.84. The topological polar surface area (TPSA) is 93.8 Å². The van der Waals surface area contributed by atoms with Gasteiger partial charge in [0.15, 0.2) is 0 Å². The molecule has 1 amide bonds. The lowest BCUT2D eigenvalue weighted by molar-refractivity contribution is -0.385. The number of aryl methyl sites for hydroxylation is 1. The van der Waals surface area contributed by atoms with Crippen molar-refractivity contribution in [3.8, 4) is 5.75 Å². The zero-order chi connectivity index (χ0) is 17.5. The minimum atomic E-state index is -0.508. The van der Waals surface area contributed by atoms with Crippen LogP contribution >= 0.6 is 0 Å². The number of rotatable bonds is 6. The SMILES string of the molecule is COc1ccc(/C=N/NC(=O)Cc2ccccc2[N+](=O)[O-])cc1C. The average Bonchev–Trinajstić information content (AvgIpc) is 2.55. The van der Waals surface area contributed by atoms with Crippen LogP contribution in [0.2, 0.25) is 0 Å². The summed E-state index contributed by atoms with van der Waals surface area (Å²) in [5, 5.41) is 14.8. The van der Waals surface area contributed by atoms with E-state index in [0.29, 0.717) is 5.56 Å². The highest BCUT2D eigenvalue weighted by Gasteiger charge is 2.14. The van der Waals surface area contributed by atoms with Gasteiger partial charge in [-0.25, -0.2) is 5.43 Å². The van der Waals surface area contributed by atoms with E-state index in [1.807, 2.05) is 25.1 Å². The zero-order valence-electron chi connectivity index (χ0n) is 13.4. The molecule has 2 rings (SSSR count). The number of hydrogen-bond acceptors (Lipinski definition) is 5. The Morgan fingerprint density at radius 2 is 2.08 bits per heavy atom. The Morgan fingerprint density at radius 1 is 1.33 bits per heavy atom. The third kappa shape index (κ3) is 4.39. The highest BCUT2D eigenvalue weighted by atomic mass is 16.6. The first-order valence-electron chi connectivity index (χ1n) is 7.20. The lowest BCUT2D eigenvalue weighted by Gasteiger charge is -2.04. The molecule has 0 radical (unpaired) electrons. The number of nitro benzene ring substituents is 1. The summed E-state index contributed by atoms with van der Waals surface area (Å²) in [5.41, 5.74) is 4.39. The molecule has 0 spiro atoms. The molecule has 0 heterocycles. The van der Waals surface area contributed by atoms with Gasteiger partial charge >= 0.3 is 0 Å². The number of carbonyl (C=O) groups excluding carboxylic acids is 1. The number of nitro groups is 1. The van der Waals surface area contributed by atoms with Gasteiger partial charge in [0.2, 0.25) is 5.91 Å². The molecule has 7 nitrogen and oxygen atoms in total. The van der Waals surface area contributed by atoms with Crippen molar-refractivity contribution in [1.29, 1.82) is 0 Å². The number of nitrogens with zero attached hydrogens (tertiary/aromatic N) is 2. The van der Waals surface area contributed by atoms with E-state index in [4.69, 9.17) is 4.74 Å². The van der Waals surface area contributed by atoms with Crippen LogP contribution in [0.25, 0.3) is 0 Å². The Morgan fingerprint density at radius 3 is 2.75 bits per heavy atom. The fourth-order valence-corrected chi connectivity index (χ4v) is 2.21. The summed E-state index contributed by atoms with van der Waals surface area (Å²) in [7, 11) is 1.60. The molecule has 24 heavy (non-hydrogen) atoms. The van der Waals surface area contributed by atoms with Crippen molar-refractivity contribution in [2.45, 2.75) is 13.3 Å². The van der Waals surface area contributed by atoms with Gasteiger partial charge in [-0.15, -0.1) is 0 Å². The van der Waals surface area contributed by atoms with Crippen LogP contribution in [-0.4, -0.2) is 24.2 Å². The molecule has 0 aliphatic carbocycles. The van der Waals surface area contributed by atoms with E-state index in [1.165, 1.54) is 12.3 Å². The third-order valence-corrected chi connectivity index (χ3v) is 3.36. The summed E-state index contributed by atoms with van der Waals surface area (Å²) in [5.74, 6) is 0.346. The van der Waals surface area contributed by atoms with Gasteiger partial charge in [0.25, 0.3) is 5.69 Å². The maximum atomic E-state index is 11.9. The van der Waals surface area contributed by atoms with E-state index in [-0.39, 0.29) is 12.1 Å². The lowest BCUT2D eigenvalue weighted by atomic mass is 10.1. The van der Waals surface area contributed by atoms with Gasteiger partial charge < -0.3 is 4.74 Å². The molecule has 124 valence electrons. The molecular weight excluding hydrogens is 310 g/mol. The van der Waals surface area contributed by atoms with E-state index in [2.05, 4.69) is 10.5 Å². The lowest BCUT2D eigenvalue weighted by Crippen LogP contribution is -2.20. The molecule has 0 bridgehead atoms. The predicted molar refractivity (Wildman–Crippen MR) is 90.3 cm³/mol. The van der Waals surface area contributed by atoms with Crippen LogP contribution < -0.4 is 10.2 Å². The fraction of sp³-hybridized carbons (Fsp3) is 0.176. The molecule has 1 N–H and O–H groups in total. The maximum Gasteiger partial charge on any atom is 0.273 e. The minimum Gasteiger partial charge on any atom is -0.496 e. The Balaban J connectivity index is 1.98. The number of amides is 1. The number of benzene rings is 2. The van der Waals surface area contributed by atoms with Crippen LogP contribution in [0.1, 0.15) is 16.7 Å². The van der Waals surface area contributed by atoms with Crippen molar-refractivity contribution < 1.29 is 14.5 Å². The molecule has 0 aliphatic rings. The fourth-order valence-electron chi connectivity index (χ4n) is 2.21. The monoisotopic (exact) mass is 327 g/mol. The second kappa shape index (κ2) is 7.87. The number of hydrogen-bond donors (Lipinski definition) is 1. The van der Waals surface area contributed by atoms with Gasteiger partial charge in [-0.2, -0.15) is 5.10 Å². The molecule has 7 heteroatoms. The van der Waals surface area contributed by atoms with Crippen molar-refractivity contribution in [3.05, 3.63) is 69.3 Å². The minimum absolute atomic E-state index is 0.0811. The smallest absolute Gasteiger partial charge is 0.273 e. The van der Waals surface area contributed by atoms with Crippen molar-refractivity contribution in [3.63, 3.8) is 0 Å². The summed E-state index contributed by atoms with van der Waals surface area (Å²) in [6.45, 7) is 1.91. The number of para-hydroxylation sites is 1. The van der Waals surface area contributed by atoms with Crippen LogP contribution in [0.3, 0.4) is 0 Å². The zero-order valence-corrected chi connectivity index (χ0v) is 13.4. The normalized spacial score (nSPS) is 10.6. The van der Waals surface area contributed by atoms with Crippen molar-refractivity contribution in [2.24, 2.45) is 5.10 Å². The summed E-state index contributed by atoms with van der Waals surface area (Å²) >= 11 is 0. The van der Waals surface area contributed by atoms with E-state index in [1.54, 1.807) is 25.3 Å². The molecule has 2 aromatic rings. The standard InChI is InChI=1S/C17H17N3O4/c1-12-9-13(7-8-16(12)24-2)11-18-19-17(21)10-14-5-3-4-6-15(14)20(22)23/h3-9,11H,10H2,1-2H3,(H,19,21)/b18-11+. The number of nitrogens with one attached hydrogen (secondary N) is 1. The van der Waals surface area contributed by atoms with Gasteiger partial charge in [-0.05, 0) is 36.2 Å². The van der Waals surface area contributed by atoms with Gasteiger partial charge in [-0.1, -0.05) is 18.2 Å². The van der Waals surface area contributed by atoms with Gasteiger partial charge in [-0.3, -0.25) is 14.9 Å². The number of methoxy groups -OCH3 is 1. The molecule has 0 aromatic heterocycles. The van der Waals surface area contributed by atoms with E-state index in [9.17, 15) is 14.9 Å². The molecule has 2 aromatic carbocycles. The van der Waals surface area contributed by atoms with E-state index >= 15 is 0 Å². The molecule has 0 atom stereocenters. The first kappa shape index (κ1) is 17.1. The predicted octanol–water partition coefficient (Wildman–Crippen LogP) is 2.60. The summed E-state index contributed by atoms with van der Waals surface area (Å²) in [6, 6.07) is 11.6. The highest BCUT2D eigenvalue weighted by Crippen LogP contribution is 2.18. The Hall–Kier alpha value is -3.22. The quantitative estimate of drug-likeness (QED) is 0.501. The summed E-state index contributed by atoms with van der Waals surface area (Å²) in [6.07, 6.45) is 1.39. The Bertz CT molecular complexity index is 787. The van der Waals surface area contributed by atoms with Crippen LogP contribution in [0.4, 0.5) is 5.69 Å². The molecule has 0 fully saturated rings. The Kier molecular flexibility index (Phi) is 5.62. The van der Waals surface area contributed by atoms with Crippen LogP contribution in [0, 0.1) is 17.0 Å². The second-order valence-corrected chi connectivity index (χ2v) is 5.08. The van der Waals surface area contributed by atoms with Crippen molar-refractivity contribution >= 4 is 17.8 Å².